The van der Waals surface area contributed by atoms with Gasteiger partial charge in [0.1, 0.15) is 5.82 Å². The molecule has 1 aliphatic rings. The molecule has 1 heterocycles. The van der Waals surface area contributed by atoms with Gasteiger partial charge in [0.25, 0.3) is 0 Å². The van der Waals surface area contributed by atoms with Crippen LogP contribution in [0, 0.1) is 0 Å². The van der Waals surface area contributed by atoms with Crippen molar-refractivity contribution in [2.24, 2.45) is 0 Å². The van der Waals surface area contributed by atoms with Crippen LogP contribution in [0.5, 0.6) is 0 Å². The van der Waals surface area contributed by atoms with Crippen LogP contribution in [-0.2, 0) is 0 Å². The van der Waals surface area contributed by atoms with E-state index in [1.165, 1.54) is 25.7 Å². The van der Waals surface area contributed by atoms with Crippen LogP contribution in [-0.4, -0.2) is 15.2 Å². The summed E-state index contributed by atoms with van der Waals surface area (Å²) in [5.41, 5.74) is 7.60. The molecule has 0 spiro atoms. The maximum atomic E-state index is 6.08. The van der Waals surface area contributed by atoms with E-state index in [1.54, 1.807) is 0 Å². The number of aromatic amines is 1. The van der Waals surface area contributed by atoms with Crippen molar-refractivity contribution in [3.63, 3.8) is 0 Å². The Morgan fingerprint density at radius 2 is 1.95 bits per heavy atom. The second kappa shape index (κ2) is 5.25. The molecule has 0 bridgehead atoms. The molecular formula is C13H14Br2N4. The third kappa shape index (κ3) is 2.56. The van der Waals surface area contributed by atoms with Crippen LogP contribution in [0.3, 0.4) is 0 Å². The summed E-state index contributed by atoms with van der Waals surface area (Å²) in [7, 11) is 0. The lowest BCUT2D eigenvalue weighted by Crippen LogP contribution is -1.95. The molecule has 1 aromatic heterocycles. The Bertz CT molecular complexity index is 603. The fourth-order valence-corrected chi connectivity index (χ4v) is 3.77. The summed E-state index contributed by atoms with van der Waals surface area (Å²) >= 11 is 6.91. The highest BCUT2D eigenvalue weighted by Gasteiger charge is 2.21. The molecule has 1 aliphatic carbocycles. The molecule has 1 saturated carbocycles. The van der Waals surface area contributed by atoms with Crippen LogP contribution in [0.15, 0.2) is 21.1 Å². The van der Waals surface area contributed by atoms with Gasteiger partial charge in [-0.3, -0.25) is 5.10 Å². The molecule has 100 valence electrons. The number of hydrogen-bond acceptors (Lipinski definition) is 3. The van der Waals surface area contributed by atoms with E-state index < -0.39 is 0 Å². The van der Waals surface area contributed by atoms with E-state index in [9.17, 15) is 0 Å². The summed E-state index contributed by atoms with van der Waals surface area (Å²) in [4.78, 5) is 4.62. The minimum Gasteiger partial charge on any atom is -0.397 e. The van der Waals surface area contributed by atoms with Crippen LogP contribution in [0.25, 0.3) is 11.4 Å². The Hall–Kier alpha value is -0.880. The number of halogens is 2. The van der Waals surface area contributed by atoms with E-state index in [-0.39, 0.29) is 0 Å². The maximum absolute atomic E-state index is 6.08. The summed E-state index contributed by atoms with van der Waals surface area (Å²) in [6.45, 7) is 0. The molecule has 0 unspecified atom stereocenters. The fourth-order valence-electron chi connectivity index (χ4n) is 2.55. The smallest absolute Gasteiger partial charge is 0.183 e. The second-order valence-electron chi connectivity index (χ2n) is 4.87. The Kier molecular flexibility index (Phi) is 3.62. The standard InChI is InChI=1S/C13H14Br2N4/c14-8-5-9(11(16)10(15)6-8)13-17-12(18-19-13)7-3-1-2-4-7/h5-7H,1-4,16H2,(H,17,18,19). The maximum Gasteiger partial charge on any atom is 0.183 e. The lowest BCUT2D eigenvalue weighted by molar-refractivity contribution is 0.672. The third-order valence-corrected chi connectivity index (χ3v) is 4.69. The zero-order valence-electron chi connectivity index (χ0n) is 10.3. The molecule has 2 aromatic rings. The summed E-state index contributed by atoms with van der Waals surface area (Å²) in [5, 5.41) is 7.38. The second-order valence-corrected chi connectivity index (χ2v) is 6.64. The zero-order valence-corrected chi connectivity index (χ0v) is 13.5. The number of nitrogens with two attached hydrogens (primary N) is 1. The van der Waals surface area contributed by atoms with Gasteiger partial charge in [-0.2, -0.15) is 5.10 Å². The molecule has 0 atom stereocenters. The van der Waals surface area contributed by atoms with Crippen molar-refractivity contribution < 1.29 is 0 Å². The number of H-pyrrole nitrogens is 1. The lowest BCUT2D eigenvalue weighted by Gasteiger charge is -2.05. The third-order valence-electron chi connectivity index (χ3n) is 3.58. The van der Waals surface area contributed by atoms with Crippen LogP contribution in [0.2, 0.25) is 0 Å². The van der Waals surface area contributed by atoms with Gasteiger partial charge in [0.05, 0.1) is 5.69 Å². The first-order chi connectivity index (χ1) is 9.15. The number of anilines is 1. The zero-order chi connectivity index (χ0) is 13.4. The minimum atomic E-state index is 0.526. The summed E-state index contributed by atoms with van der Waals surface area (Å²) < 4.78 is 1.81. The van der Waals surface area contributed by atoms with Crippen LogP contribution < -0.4 is 5.73 Å². The molecule has 3 N–H and O–H groups in total. The van der Waals surface area contributed by atoms with E-state index in [0.29, 0.717) is 17.4 Å². The molecule has 0 amide bonds. The minimum absolute atomic E-state index is 0.526. The SMILES string of the molecule is Nc1c(Br)cc(Br)cc1-c1n[nH]c(C2CCCC2)n1. The topological polar surface area (TPSA) is 67.6 Å². The van der Waals surface area contributed by atoms with Gasteiger partial charge in [-0.05, 0) is 40.9 Å². The van der Waals surface area contributed by atoms with Gasteiger partial charge in [0, 0.05) is 20.4 Å². The van der Waals surface area contributed by atoms with E-state index >= 15 is 0 Å². The molecule has 1 aromatic carbocycles. The van der Waals surface area contributed by atoms with Gasteiger partial charge in [-0.25, -0.2) is 4.98 Å². The van der Waals surface area contributed by atoms with E-state index in [1.807, 2.05) is 12.1 Å². The van der Waals surface area contributed by atoms with Gasteiger partial charge in [0.2, 0.25) is 0 Å². The van der Waals surface area contributed by atoms with Crippen molar-refractivity contribution in [1.29, 1.82) is 0 Å². The van der Waals surface area contributed by atoms with Gasteiger partial charge in [-0.15, -0.1) is 0 Å². The number of nitrogens with one attached hydrogen (secondary N) is 1. The van der Waals surface area contributed by atoms with Crippen molar-refractivity contribution >= 4 is 37.5 Å². The van der Waals surface area contributed by atoms with Crippen molar-refractivity contribution in [3.05, 3.63) is 26.9 Å². The Morgan fingerprint density at radius 3 is 2.68 bits per heavy atom. The van der Waals surface area contributed by atoms with Crippen molar-refractivity contribution in [2.75, 3.05) is 5.73 Å². The molecule has 0 saturated heterocycles. The van der Waals surface area contributed by atoms with Gasteiger partial charge in [-0.1, -0.05) is 28.8 Å². The predicted octanol–water partition coefficient (Wildman–Crippen LogP) is 4.24. The molecule has 6 heteroatoms. The highest BCUT2D eigenvalue weighted by atomic mass is 79.9. The van der Waals surface area contributed by atoms with Crippen molar-refractivity contribution in [1.82, 2.24) is 15.2 Å². The Morgan fingerprint density at radius 1 is 1.21 bits per heavy atom. The molecular weight excluding hydrogens is 372 g/mol. The van der Waals surface area contributed by atoms with Gasteiger partial charge in [0.15, 0.2) is 5.82 Å². The number of rotatable bonds is 2. The van der Waals surface area contributed by atoms with Gasteiger partial charge < -0.3 is 5.73 Å². The van der Waals surface area contributed by atoms with E-state index in [4.69, 9.17) is 5.73 Å². The number of aromatic nitrogens is 3. The Labute approximate surface area is 128 Å². The lowest BCUT2D eigenvalue weighted by atomic mass is 10.1. The summed E-state index contributed by atoms with van der Waals surface area (Å²) in [6.07, 6.45) is 4.97. The average Bonchev–Trinajstić information content (AvgIpc) is 3.03. The summed E-state index contributed by atoms with van der Waals surface area (Å²) in [6, 6.07) is 3.87. The first-order valence-corrected chi connectivity index (χ1v) is 7.91. The van der Waals surface area contributed by atoms with Crippen molar-refractivity contribution in [3.8, 4) is 11.4 Å². The molecule has 0 aliphatic heterocycles. The summed E-state index contributed by atoms with van der Waals surface area (Å²) in [5.74, 6) is 2.18. The number of benzene rings is 1. The van der Waals surface area contributed by atoms with E-state index in [0.717, 1.165) is 20.3 Å². The molecule has 1 fully saturated rings. The average molecular weight is 386 g/mol. The first kappa shape index (κ1) is 13.1. The molecule has 19 heavy (non-hydrogen) atoms. The fraction of sp³-hybridized carbons (Fsp3) is 0.385. The van der Waals surface area contributed by atoms with Crippen molar-refractivity contribution in [2.45, 2.75) is 31.6 Å². The van der Waals surface area contributed by atoms with Crippen LogP contribution in [0.4, 0.5) is 5.69 Å². The molecule has 0 radical (unpaired) electrons. The van der Waals surface area contributed by atoms with E-state index in [2.05, 4.69) is 47.0 Å². The number of nitrogen functional groups attached to an aromatic ring is 1. The number of nitrogens with zero attached hydrogens (tertiary/aromatic N) is 2. The molecule has 3 rings (SSSR count). The van der Waals surface area contributed by atoms with Crippen LogP contribution >= 0.6 is 31.9 Å². The highest BCUT2D eigenvalue weighted by molar-refractivity contribution is 9.11. The Balaban J connectivity index is 1.98. The largest absolute Gasteiger partial charge is 0.397 e. The monoisotopic (exact) mass is 384 g/mol. The first-order valence-electron chi connectivity index (χ1n) is 6.32. The predicted molar refractivity (Wildman–Crippen MR) is 82.8 cm³/mol. The normalized spacial score (nSPS) is 16.1. The van der Waals surface area contributed by atoms with Gasteiger partial charge >= 0.3 is 0 Å². The number of hydrogen-bond donors (Lipinski definition) is 2. The quantitative estimate of drug-likeness (QED) is 0.759. The molecule has 4 nitrogen and oxygen atoms in total. The highest BCUT2D eigenvalue weighted by Crippen LogP contribution is 2.36. The van der Waals surface area contributed by atoms with Crippen LogP contribution in [0.1, 0.15) is 37.4 Å².